The van der Waals surface area contributed by atoms with Crippen LogP contribution in [-0.4, -0.2) is 15.9 Å². The summed E-state index contributed by atoms with van der Waals surface area (Å²) in [4.78, 5) is 20.6. The number of carbonyl (C=O) groups is 1. The predicted molar refractivity (Wildman–Crippen MR) is 75.2 cm³/mol. The van der Waals surface area contributed by atoms with Gasteiger partial charge in [0.2, 0.25) is 0 Å². The summed E-state index contributed by atoms with van der Waals surface area (Å²) in [6.07, 6.45) is 1.52. The van der Waals surface area contributed by atoms with Gasteiger partial charge in [0.25, 0.3) is 5.91 Å². The lowest BCUT2D eigenvalue weighted by molar-refractivity contribution is 0.102. The van der Waals surface area contributed by atoms with Crippen molar-refractivity contribution in [2.45, 2.75) is 26.7 Å². The van der Waals surface area contributed by atoms with Crippen molar-refractivity contribution in [1.82, 2.24) is 9.97 Å². The van der Waals surface area contributed by atoms with Crippen molar-refractivity contribution in [2.75, 3.05) is 5.32 Å². The van der Waals surface area contributed by atoms with E-state index in [2.05, 4.69) is 15.3 Å². The molecule has 0 saturated heterocycles. The predicted octanol–water partition coefficient (Wildman–Crippen LogP) is 3.30. The fourth-order valence-corrected chi connectivity index (χ4v) is 1.72. The molecular formula is C15H16FN3O. The van der Waals surface area contributed by atoms with Crippen LogP contribution in [0, 0.1) is 12.7 Å². The molecule has 20 heavy (non-hydrogen) atoms. The molecule has 0 radical (unpaired) electrons. The fraction of sp³-hybridized carbons (Fsp3) is 0.267. The lowest BCUT2D eigenvalue weighted by Gasteiger charge is -2.09. The van der Waals surface area contributed by atoms with E-state index in [9.17, 15) is 9.18 Å². The van der Waals surface area contributed by atoms with Crippen LogP contribution in [-0.2, 0) is 0 Å². The number of hydrogen-bond acceptors (Lipinski definition) is 3. The third-order valence-corrected chi connectivity index (χ3v) is 2.86. The molecule has 0 aliphatic carbocycles. The number of halogens is 1. The molecule has 0 spiro atoms. The Morgan fingerprint density at radius 1 is 1.25 bits per heavy atom. The molecule has 0 saturated carbocycles. The Bertz CT molecular complexity index is 624. The van der Waals surface area contributed by atoms with E-state index in [-0.39, 0.29) is 17.6 Å². The number of hydrogen-bond donors (Lipinski definition) is 1. The van der Waals surface area contributed by atoms with Crippen molar-refractivity contribution in [3.63, 3.8) is 0 Å². The molecule has 2 rings (SSSR count). The topological polar surface area (TPSA) is 54.9 Å². The summed E-state index contributed by atoms with van der Waals surface area (Å²) in [7, 11) is 0. The van der Waals surface area contributed by atoms with Crippen molar-refractivity contribution in [3.8, 4) is 0 Å². The maximum atomic E-state index is 12.8. The van der Waals surface area contributed by atoms with E-state index in [4.69, 9.17) is 0 Å². The number of carbonyl (C=O) groups excluding carboxylic acids is 1. The van der Waals surface area contributed by atoms with Crippen LogP contribution in [0.25, 0.3) is 0 Å². The van der Waals surface area contributed by atoms with Crippen molar-refractivity contribution in [1.29, 1.82) is 0 Å². The normalized spacial score (nSPS) is 10.7. The highest BCUT2D eigenvalue weighted by Gasteiger charge is 2.13. The smallest absolute Gasteiger partial charge is 0.259 e. The van der Waals surface area contributed by atoms with Gasteiger partial charge in [0.1, 0.15) is 11.6 Å². The van der Waals surface area contributed by atoms with Crippen LogP contribution >= 0.6 is 0 Å². The minimum atomic E-state index is -0.344. The first-order valence-electron chi connectivity index (χ1n) is 6.38. The largest absolute Gasteiger partial charge is 0.322 e. The van der Waals surface area contributed by atoms with Gasteiger partial charge in [-0.15, -0.1) is 0 Å². The quantitative estimate of drug-likeness (QED) is 0.933. The molecule has 0 atom stereocenters. The van der Waals surface area contributed by atoms with Gasteiger partial charge in [-0.3, -0.25) is 4.79 Å². The average molecular weight is 273 g/mol. The molecule has 1 heterocycles. The van der Waals surface area contributed by atoms with Gasteiger partial charge in [0.15, 0.2) is 0 Å². The van der Waals surface area contributed by atoms with Crippen LogP contribution in [0.4, 0.5) is 10.1 Å². The molecule has 0 bridgehead atoms. The highest BCUT2D eigenvalue weighted by atomic mass is 19.1. The van der Waals surface area contributed by atoms with E-state index in [0.29, 0.717) is 22.8 Å². The van der Waals surface area contributed by atoms with Crippen LogP contribution in [0.5, 0.6) is 0 Å². The number of benzene rings is 1. The van der Waals surface area contributed by atoms with Crippen LogP contribution in [0.1, 0.15) is 41.6 Å². The van der Waals surface area contributed by atoms with Crippen molar-refractivity contribution < 1.29 is 9.18 Å². The first-order chi connectivity index (χ1) is 9.47. The number of nitrogens with one attached hydrogen (secondary N) is 1. The second-order valence-corrected chi connectivity index (χ2v) is 4.84. The Kier molecular flexibility index (Phi) is 4.08. The molecule has 0 unspecified atom stereocenters. The SMILES string of the molecule is Cc1nc(C(C)C)ncc1C(=O)Nc1ccc(F)cc1. The lowest BCUT2D eigenvalue weighted by atomic mass is 10.1. The van der Waals surface area contributed by atoms with Gasteiger partial charge in [-0.2, -0.15) is 0 Å². The number of nitrogens with zero attached hydrogens (tertiary/aromatic N) is 2. The van der Waals surface area contributed by atoms with Gasteiger partial charge < -0.3 is 5.32 Å². The zero-order valence-electron chi connectivity index (χ0n) is 11.6. The second-order valence-electron chi connectivity index (χ2n) is 4.84. The molecular weight excluding hydrogens is 257 g/mol. The van der Waals surface area contributed by atoms with Crippen molar-refractivity contribution >= 4 is 11.6 Å². The van der Waals surface area contributed by atoms with Gasteiger partial charge in [0, 0.05) is 17.8 Å². The molecule has 5 heteroatoms. The number of aryl methyl sites for hydroxylation is 1. The van der Waals surface area contributed by atoms with Crippen LogP contribution < -0.4 is 5.32 Å². The molecule has 104 valence electrons. The molecule has 4 nitrogen and oxygen atoms in total. The minimum absolute atomic E-state index is 0.211. The molecule has 0 fully saturated rings. The lowest BCUT2D eigenvalue weighted by Crippen LogP contribution is -2.15. The van der Waals surface area contributed by atoms with Crippen molar-refractivity contribution in [2.24, 2.45) is 0 Å². The third-order valence-electron chi connectivity index (χ3n) is 2.86. The zero-order chi connectivity index (χ0) is 14.7. The van der Waals surface area contributed by atoms with Crippen LogP contribution in [0.15, 0.2) is 30.5 Å². The molecule has 1 aromatic carbocycles. The summed E-state index contributed by atoms with van der Waals surface area (Å²) < 4.78 is 12.8. The average Bonchev–Trinajstić information content (AvgIpc) is 2.41. The van der Waals surface area contributed by atoms with Crippen molar-refractivity contribution in [3.05, 3.63) is 53.4 Å². The Morgan fingerprint density at radius 3 is 2.45 bits per heavy atom. The monoisotopic (exact) mass is 273 g/mol. The summed E-state index contributed by atoms with van der Waals surface area (Å²) in [5.41, 5.74) is 1.57. The fourth-order valence-electron chi connectivity index (χ4n) is 1.72. The summed E-state index contributed by atoms with van der Waals surface area (Å²) in [6, 6.07) is 5.60. The van der Waals surface area contributed by atoms with Gasteiger partial charge in [0.05, 0.1) is 11.3 Å². The molecule has 1 aromatic heterocycles. The van der Waals surface area contributed by atoms with E-state index in [1.807, 2.05) is 13.8 Å². The maximum absolute atomic E-state index is 12.8. The first kappa shape index (κ1) is 14.1. The third kappa shape index (κ3) is 3.17. The van der Waals surface area contributed by atoms with Crippen LogP contribution in [0.2, 0.25) is 0 Å². The second kappa shape index (κ2) is 5.77. The number of rotatable bonds is 3. The van der Waals surface area contributed by atoms with E-state index in [0.717, 1.165) is 0 Å². The number of aromatic nitrogens is 2. The van der Waals surface area contributed by atoms with E-state index in [1.54, 1.807) is 6.92 Å². The summed E-state index contributed by atoms with van der Waals surface area (Å²) in [6.45, 7) is 5.76. The molecule has 1 amide bonds. The highest BCUT2D eigenvalue weighted by Crippen LogP contribution is 2.14. The standard InChI is InChI=1S/C15H16FN3O/c1-9(2)14-17-8-13(10(3)18-14)15(20)19-12-6-4-11(16)5-7-12/h4-9H,1-3H3,(H,19,20). The van der Waals surface area contributed by atoms with Gasteiger partial charge in [-0.1, -0.05) is 13.8 Å². The summed E-state index contributed by atoms with van der Waals surface area (Å²) in [5.74, 6) is 0.275. The van der Waals surface area contributed by atoms with E-state index >= 15 is 0 Å². The Hall–Kier alpha value is -2.30. The first-order valence-corrected chi connectivity index (χ1v) is 6.38. The number of anilines is 1. The van der Waals surface area contributed by atoms with E-state index < -0.39 is 0 Å². The molecule has 2 aromatic rings. The van der Waals surface area contributed by atoms with Gasteiger partial charge in [-0.05, 0) is 31.2 Å². The Morgan fingerprint density at radius 2 is 1.90 bits per heavy atom. The van der Waals surface area contributed by atoms with E-state index in [1.165, 1.54) is 30.5 Å². The zero-order valence-corrected chi connectivity index (χ0v) is 11.6. The highest BCUT2D eigenvalue weighted by molar-refractivity contribution is 6.04. The summed E-state index contributed by atoms with van der Waals surface area (Å²) >= 11 is 0. The number of amides is 1. The minimum Gasteiger partial charge on any atom is -0.322 e. The van der Waals surface area contributed by atoms with Crippen LogP contribution in [0.3, 0.4) is 0 Å². The van der Waals surface area contributed by atoms with Gasteiger partial charge in [-0.25, -0.2) is 14.4 Å². The molecule has 1 N–H and O–H groups in total. The molecule has 0 aliphatic heterocycles. The maximum Gasteiger partial charge on any atom is 0.259 e. The van der Waals surface area contributed by atoms with Gasteiger partial charge >= 0.3 is 0 Å². The Balaban J connectivity index is 2.19. The summed E-state index contributed by atoms with van der Waals surface area (Å²) in [5, 5.41) is 2.69. The molecule has 0 aliphatic rings. The Labute approximate surface area is 117 Å².